The van der Waals surface area contributed by atoms with E-state index < -0.39 is 29.1 Å². The molecule has 0 radical (unpaired) electrons. The van der Waals surface area contributed by atoms with Crippen LogP contribution in [-0.2, 0) is 9.53 Å². The van der Waals surface area contributed by atoms with Crippen LogP contribution in [0.3, 0.4) is 0 Å². The molecule has 1 aromatic carbocycles. The van der Waals surface area contributed by atoms with Crippen LogP contribution in [0, 0.1) is 18.6 Å². The van der Waals surface area contributed by atoms with Crippen molar-refractivity contribution in [3.05, 3.63) is 57.0 Å². The molecule has 2 aromatic rings. The Hall–Kier alpha value is -2.44. The molecule has 112 valence electrons. The molecule has 2 N–H and O–H groups in total. The van der Waals surface area contributed by atoms with Gasteiger partial charge in [-0.25, -0.2) is 8.78 Å². The summed E-state index contributed by atoms with van der Waals surface area (Å²) in [5.74, 6) is -3.30. The Balaban J connectivity index is 2.53. The topological polar surface area (TPSA) is 75.0 Å². The quantitative estimate of drug-likeness (QED) is 0.847. The van der Waals surface area contributed by atoms with Crippen LogP contribution in [0.25, 0.3) is 0 Å². The molecular formula is C14H14F2N2O3. The van der Waals surface area contributed by atoms with Crippen molar-refractivity contribution in [3.8, 4) is 0 Å². The Kier molecular flexibility index (Phi) is 4.21. The highest BCUT2D eigenvalue weighted by molar-refractivity contribution is 5.71. The summed E-state index contributed by atoms with van der Waals surface area (Å²) in [5.41, 5.74) is 0.740. The van der Waals surface area contributed by atoms with Gasteiger partial charge in [0.25, 0.3) is 5.56 Å². The van der Waals surface area contributed by atoms with Crippen LogP contribution in [0.2, 0.25) is 0 Å². The van der Waals surface area contributed by atoms with Crippen LogP contribution in [-0.4, -0.2) is 23.3 Å². The summed E-state index contributed by atoms with van der Waals surface area (Å²) in [7, 11) is 1.22. The van der Waals surface area contributed by atoms with Crippen LogP contribution in [0.5, 0.6) is 0 Å². The molecule has 5 nitrogen and oxygen atoms in total. The van der Waals surface area contributed by atoms with E-state index in [0.29, 0.717) is 16.8 Å². The average molecular weight is 296 g/mol. The molecule has 0 aliphatic heterocycles. The number of hydrogen-bond acceptors (Lipinski definition) is 3. The Morgan fingerprint density at radius 3 is 2.52 bits per heavy atom. The monoisotopic (exact) mass is 296 g/mol. The standard InChI is InChI=1S/C14H14F2N2O3/c1-7-13(14(20)18-17-7)9(6-12(19)21-2)8-3-4-10(15)11(16)5-8/h3-5,9H,6H2,1-2H3,(H2,17,18,20)/t9-/m0/s1. The number of benzene rings is 1. The van der Waals surface area contributed by atoms with Gasteiger partial charge in [0.2, 0.25) is 0 Å². The highest BCUT2D eigenvalue weighted by atomic mass is 19.2. The first-order valence-electron chi connectivity index (χ1n) is 6.23. The maximum absolute atomic E-state index is 13.4. The van der Waals surface area contributed by atoms with Crippen molar-refractivity contribution in [2.45, 2.75) is 19.3 Å². The van der Waals surface area contributed by atoms with Gasteiger partial charge in [-0.2, -0.15) is 0 Å². The lowest BCUT2D eigenvalue weighted by molar-refractivity contribution is -0.140. The number of rotatable bonds is 4. The van der Waals surface area contributed by atoms with Gasteiger partial charge in [0, 0.05) is 17.2 Å². The van der Waals surface area contributed by atoms with Gasteiger partial charge in [0.15, 0.2) is 11.6 Å². The Bertz CT molecular complexity index is 721. The van der Waals surface area contributed by atoms with Crippen LogP contribution in [0.1, 0.15) is 29.2 Å². The van der Waals surface area contributed by atoms with Gasteiger partial charge >= 0.3 is 5.97 Å². The summed E-state index contributed by atoms with van der Waals surface area (Å²) >= 11 is 0. The Morgan fingerprint density at radius 2 is 2.00 bits per heavy atom. The lowest BCUT2D eigenvalue weighted by Gasteiger charge is -2.15. The first kappa shape index (κ1) is 15.0. The third-order valence-electron chi connectivity index (χ3n) is 3.31. The Labute approximate surface area is 118 Å². The molecule has 21 heavy (non-hydrogen) atoms. The summed E-state index contributed by atoms with van der Waals surface area (Å²) in [6, 6.07) is 3.29. The molecule has 1 heterocycles. The minimum absolute atomic E-state index is 0.149. The van der Waals surface area contributed by atoms with E-state index in [0.717, 1.165) is 12.1 Å². The molecule has 0 spiro atoms. The maximum Gasteiger partial charge on any atom is 0.306 e. The summed E-state index contributed by atoms with van der Waals surface area (Å²) < 4.78 is 31.1. The number of esters is 1. The van der Waals surface area contributed by atoms with E-state index in [-0.39, 0.29) is 6.42 Å². The lowest BCUT2D eigenvalue weighted by atomic mass is 9.88. The number of carbonyl (C=O) groups excluding carboxylic acids is 1. The minimum Gasteiger partial charge on any atom is -0.469 e. The van der Waals surface area contributed by atoms with E-state index in [4.69, 9.17) is 0 Å². The third kappa shape index (κ3) is 3.01. The van der Waals surface area contributed by atoms with Gasteiger partial charge in [0.05, 0.1) is 13.5 Å². The van der Waals surface area contributed by atoms with E-state index in [1.165, 1.54) is 13.2 Å². The van der Waals surface area contributed by atoms with E-state index >= 15 is 0 Å². The fourth-order valence-corrected chi connectivity index (χ4v) is 2.24. The number of ether oxygens (including phenoxy) is 1. The number of carbonyl (C=O) groups is 1. The van der Waals surface area contributed by atoms with Crippen molar-refractivity contribution in [1.82, 2.24) is 10.2 Å². The molecule has 0 aliphatic carbocycles. The number of methoxy groups -OCH3 is 1. The number of aryl methyl sites for hydroxylation is 1. The highest BCUT2D eigenvalue weighted by Gasteiger charge is 2.25. The number of hydrogen-bond donors (Lipinski definition) is 2. The zero-order chi connectivity index (χ0) is 15.6. The predicted octanol–water partition coefficient (Wildman–Crippen LogP) is 1.98. The first-order chi connectivity index (χ1) is 9.93. The van der Waals surface area contributed by atoms with E-state index in [2.05, 4.69) is 14.9 Å². The number of nitrogens with one attached hydrogen (secondary N) is 2. The van der Waals surface area contributed by atoms with E-state index in [1.807, 2.05) is 0 Å². The molecule has 2 rings (SSSR count). The fraction of sp³-hybridized carbons (Fsp3) is 0.286. The number of aromatic amines is 2. The molecule has 0 aliphatic rings. The molecule has 1 atom stereocenters. The van der Waals surface area contributed by atoms with Crippen molar-refractivity contribution in [2.75, 3.05) is 7.11 Å². The summed E-state index contributed by atoms with van der Waals surface area (Å²) in [5, 5.41) is 5.05. The van der Waals surface area contributed by atoms with Gasteiger partial charge in [-0.15, -0.1) is 0 Å². The second kappa shape index (κ2) is 5.90. The molecule has 0 saturated heterocycles. The molecule has 1 aromatic heterocycles. The summed E-state index contributed by atoms with van der Waals surface area (Å²) in [6.45, 7) is 1.65. The van der Waals surface area contributed by atoms with Crippen LogP contribution < -0.4 is 5.56 Å². The van der Waals surface area contributed by atoms with Crippen LogP contribution >= 0.6 is 0 Å². The Morgan fingerprint density at radius 1 is 1.29 bits per heavy atom. The number of aromatic nitrogens is 2. The second-order valence-corrected chi connectivity index (χ2v) is 4.62. The highest BCUT2D eigenvalue weighted by Crippen LogP contribution is 2.28. The molecule has 0 amide bonds. The minimum atomic E-state index is -1.04. The predicted molar refractivity (Wildman–Crippen MR) is 71.0 cm³/mol. The molecular weight excluding hydrogens is 282 g/mol. The smallest absolute Gasteiger partial charge is 0.306 e. The zero-order valence-electron chi connectivity index (χ0n) is 11.5. The average Bonchev–Trinajstić information content (AvgIpc) is 2.78. The van der Waals surface area contributed by atoms with E-state index in [1.54, 1.807) is 6.92 Å². The van der Waals surface area contributed by atoms with Crippen molar-refractivity contribution < 1.29 is 18.3 Å². The molecule has 0 saturated carbocycles. The van der Waals surface area contributed by atoms with Crippen molar-refractivity contribution in [2.24, 2.45) is 0 Å². The molecule has 0 bridgehead atoms. The molecule has 7 heteroatoms. The van der Waals surface area contributed by atoms with Crippen LogP contribution in [0.15, 0.2) is 23.0 Å². The normalized spacial score (nSPS) is 12.2. The maximum atomic E-state index is 13.4. The first-order valence-corrected chi connectivity index (χ1v) is 6.23. The van der Waals surface area contributed by atoms with Gasteiger partial charge in [0.1, 0.15) is 0 Å². The van der Waals surface area contributed by atoms with Crippen molar-refractivity contribution in [1.29, 1.82) is 0 Å². The van der Waals surface area contributed by atoms with Crippen LogP contribution in [0.4, 0.5) is 8.78 Å². The fourth-order valence-electron chi connectivity index (χ4n) is 2.24. The van der Waals surface area contributed by atoms with Gasteiger partial charge in [-0.3, -0.25) is 14.7 Å². The largest absolute Gasteiger partial charge is 0.469 e. The number of halogens is 2. The van der Waals surface area contributed by atoms with Gasteiger partial charge in [-0.05, 0) is 24.6 Å². The third-order valence-corrected chi connectivity index (χ3v) is 3.31. The zero-order valence-corrected chi connectivity index (χ0v) is 11.5. The second-order valence-electron chi connectivity index (χ2n) is 4.62. The van der Waals surface area contributed by atoms with E-state index in [9.17, 15) is 18.4 Å². The van der Waals surface area contributed by atoms with Crippen molar-refractivity contribution in [3.63, 3.8) is 0 Å². The summed E-state index contributed by atoms with van der Waals surface area (Å²) in [6.07, 6.45) is -0.149. The summed E-state index contributed by atoms with van der Waals surface area (Å²) in [4.78, 5) is 23.4. The lowest BCUT2D eigenvalue weighted by Crippen LogP contribution is -2.17. The molecule has 0 unspecified atom stereocenters. The van der Waals surface area contributed by atoms with Crippen molar-refractivity contribution >= 4 is 5.97 Å². The SMILES string of the molecule is COC(=O)C[C@@H](c1ccc(F)c(F)c1)c1c(C)[nH][nH]c1=O. The van der Waals surface area contributed by atoms with Gasteiger partial charge < -0.3 is 9.84 Å². The number of H-pyrrole nitrogens is 2. The molecule has 0 fully saturated rings. The van der Waals surface area contributed by atoms with Gasteiger partial charge in [-0.1, -0.05) is 6.07 Å².